The summed E-state index contributed by atoms with van der Waals surface area (Å²) in [6.07, 6.45) is 1.08. The minimum absolute atomic E-state index is 0.801. The average molecular weight is 269 g/mol. The van der Waals surface area contributed by atoms with Crippen LogP contribution in [0.25, 0.3) is 11.4 Å². The minimum Gasteiger partial charge on any atom is -0.370 e. The van der Waals surface area contributed by atoms with Crippen LogP contribution < -0.4 is 5.32 Å². The summed E-state index contributed by atoms with van der Waals surface area (Å²) in [5.74, 6) is 1.75. The van der Waals surface area contributed by atoms with Gasteiger partial charge in [0.1, 0.15) is 5.82 Å². The van der Waals surface area contributed by atoms with E-state index in [0.29, 0.717) is 0 Å². The molecular weight excluding hydrogens is 246 g/mol. The number of aromatic nitrogens is 2. The third kappa shape index (κ3) is 2.98. The van der Waals surface area contributed by atoms with Crippen molar-refractivity contribution in [2.45, 2.75) is 41.0 Å². The Morgan fingerprint density at radius 2 is 1.75 bits per heavy atom. The first kappa shape index (κ1) is 14.5. The molecule has 3 heteroatoms. The van der Waals surface area contributed by atoms with Crippen LogP contribution in [0, 0.1) is 27.7 Å². The third-order valence-corrected chi connectivity index (χ3v) is 3.70. The molecule has 0 aliphatic carbocycles. The van der Waals surface area contributed by atoms with E-state index in [1.165, 1.54) is 11.1 Å². The first-order valence-electron chi connectivity index (χ1n) is 7.19. The molecular formula is C17H23N3. The summed E-state index contributed by atoms with van der Waals surface area (Å²) >= 11 is 0. The quantitative estimate of drug-likeness (QED) is 0.904. The Morgan fingerprint density at radius 1 is 1.00 bits per heavy atom. The second-order valence-electron chi connectivity index (χ2n) is 5.33. The lowest BCUT2D eigenvalue weighted by Gasteiger charge is -2.12. The zero-order chi connectivity index (χ0) is 14.7. The van der Waals surface area contributed by atoms with Crippen molar-refractivity contribution in [3.8, 4) is 11.4 Å². The van der Waals surface area contributed by atoms with Crippen LogP contribution >= 0.6 is 0 Å². The summed E-state index contributed by atoms with van der Waals surface area (Å²) in [4.78, 5) is 9.32. The van der Waals surface area contributed by atoms with Gasteiger partial charge in [-0.3, -0.25) is 0 Å². The molecule has 0 saturated carbocycles. The molecule has 20 heavy (non-hydrogen) atoms. The fourth-order valence-corrected chi connectivity index (χ4v) is 2.05. The summed E-state index contributed by atoms with van der Waals surface area (Å²) in [5, 5.41) is 3.39. The normalized spacial score (nSPS) is 10.7. The molecule has 0 aliphatic heterocycles. The SMILES string of the molecule is CCCNc1nc(-c2ccc(C)c(C)c2)nc(C)c1C. The van der Waals surface area contributed by atoms with Crippen LogP contribution in [-0.2, 0) is 0 Å². The molecule has 0 spiro atoms. The monoisotopic (exact) mass is 269 g/mol. The van der Waals surface area contributed by atoms with E-state index in [0.717, 1.165) is 41.4 Å². The molecule has 1 aromatic heterocycles. The van der Waals surface area contributed by atoms with Crippen molar-refractivity contribution in [3.63, 3.8) is 0 Å². The minimum atomic E-state index is 0.801. The fourth-order valence-electron chi connectivity index (χ4n) is 2.05. The Bertz CT molecular complexity index is 618. The standard InChI is InChI=1S/C17H23N3/c1-6-9-18-16-13(4)14(5)19-17(20-16)15-8-7-11(2)12(3)10-15/h7-8,10H,6,9H2,1-5H3,(H,18,19,20). The Labute approximate surface area is 121 Å². The van der Waals surface area contributed by atoms with Crippen LogP contribution in [0.5, 0.6) is 0 Å². The number of nitrogens with one attached hydrogen (secondary N) is 1. The molecule has 1 aromatic carbocycles. The van der Waals surface area contributed by atoms with Crippen LogP contribution in [0.2, 0.25) is 0 Å². The maximum absolute atomic E-state index is 4.69. The van der Waals surface area contributed by atoms with Gasteiger partial charge in [-0.1, -0.05) is 19.1 Å². The molecule has 0 saturated heterocycles. The molecule has 0 bridgehead atoms. The van der Waals surface area contributed by atoms with Gasteiger partial charge in [0.25, 0.3) is 0 Å². The molecule has 1 heterocycles. The largest absolute Gasteiger partial charge is 0.370 e. The molecule has 0 unspecified atom stereocenters. The van der Waals surface area contributed by atoms with Gasteiger partial charge in [0.05, 0.1) is 0 Å². The Kier molecular flexibility index (Phi) is 4.38. The van der Waals surface area contributed by atoms with Gasteiger partial charge in [-0.2, -0.15) is 0 Å². The summed E-state index contributed by atoms with van der Waals surface area (Å²) < 4.78 is 0. The molecule has 0 amide bonds. The van der Waals surface area contributed by atoms with Gasteiger partial charge >= 0.3 is 0 Å². The molecule has 0 radical (unpaired) electrons. The highest BCUT2D eigenvalue weighted by molar-refractivity contribution is 5.61. The van der Waals surface area contributed by atoms with E-state index < -0.39 is 0 Å². The van der Waals surface area contributed by atoms with Gasteiger partial charge in [0.15, 0.2) is 5.82 Å². The van der Waals surface area contributed by atoms with Crippen molar-refractivity contribution < 1.29 is 0 Å². The first-order chi connectivity index (χ1) is 9.52. The Morgan fingerprint density at radius 3 is 2.40 bits per heavy atom. The van der Waals surface area contributed by atoms with E-state index >= 15 is 0 Å². The summed E-state index contributed by atoms with van der Waals surface area (Å²) in [5.41, 5.74) is 5.81. The van der Waals surface area contributed by atoms with E-state index in [9.17, 15) is 0 Å². The van der Waals surface area contributed by atoms with E-state index in [1.807, 2.05) is 6.92 Å². The zero-order valence-corrected chi connectivity index (χ0v) is 13.0. The number of anilines is 1. The van der Waals surface area contributed by atoms with Gasteiger partial charge in [-0.25, -0.2) is 9.97 Å². The highest BCUT2D eigenvalue weighted by Crippen LogP contribution is 2.23. The van der Waals surface area contributed by atoms with Crippen molar-refractivity contribution in [3.05, 3.63) is 40.6 Å². The molecule has 0 fully saturated rings. The number of nitrogens with zero attached hydrogens (tertiary/aromatic N) is 2. The van der Waals surface area contributed by atoms with Gasteiger partial charge in [-0.15, -0.1) is 0 Å². The van der Waals surface area contributed by atoms with Gasteiger partial charge in [0.2, 0.25) is 0 Å². The van der Waals surface area contributed by atoms with Gasteiger partial charge < -0.3 is 5.32 Å². The second kappa shape index (κ2) is 6.04. The van der Waals surface area contributed by atoms with Crippen molar-refractivity contribution in [2.75, 3.05) is 11.9 Å². The lowest BCUT2D eigenvalue weighted by atomic mass is 10.1. The van der Waals surface area contributed by atoms with Crippen LogP contribution in [0.3, 0.4) is 0 Å². The maximum Gasteiger partial charge on any atom is 0.161 e. The van der Waals surface area contributed by atoms with E-state index in [-0.39, 0.29) is 0 Å². The topological polar surface area (TPSA) is 37.8 Å². The molecule has 3 nitrogen and oxygen atoms in total. The fraction of sp³-hybridized carbons (Fsp3) is 0.412. The highest BCUT2D eigenvalue weighted by atomic mass is 15.0. The lowest BCUT2D eigenvalue weighted by Crippen LogP contribution is -2.07. The summed E-state index contributed by atoms with van der Waals surface area (Å²) in [7, 11) is 0. The maximum atomic E-state index is 4.69. The number of benzene rings is 1. The van der Waals surface area contributed by atoms with Gasteiger partial charge in [0, 0.05) is 23.4 Å². The van der Waals surface area contributed by atoms with Crippen molar-refractivity contribution in [1.29, 1.82) is 0 Å². The summed E-state index contributed by atoms with van der Waals surface area (Å²) in [6, 6.07) is 6.38. The molecule has 0 aliphatic rings. The lowest BCUT2D eigenvalue weighted by molar-refractivity contribution is 0.954. The third-order valence-electron chi connectivity index (χ3n) is 3.70. The molecule has 0 atom stereocenters. The number of hydrogen-bond acceptors (Lipinski definition) is 3. The van der Waals surface area contributed by atoms with Crippen molar-refractivity contribution in [2.24, 2.45) is 0 Å². The molecule has 2 aromatic rings. The highest BCUT2D eigenvalue weighted by Gasteiger charge is 2.09. The van der Waals surface area contributed by atoms with Crippen LogP contribution in [-0.4, -0.2) is 16.5 Å². The van der Waals surface area contributed by atoms with Crippen LogP contribution in [0.4, 0.5) is 5.82 Å². The first-order valence-corrected chi connectivity index (χ1v) is 7.19. The number of aryl methyl sites for hydroxylation is 3. The van der Waals surface area contributed by atoms with Gasteiger partial charge in [-0.05, 0) is 51.3 Å². The smallest absolute Gasteiger partial charge is 0.161 e. The second-order valence-corrected chi connectivity index (χ2v) is 5.33. The Balaban J connectivity index is 2.45. The Hall–Kier alpha value is -1.90. The van der Waals surface area contributed by atoms with E-state index in [1.54, 1.807) is 0 Å². The van der Waals surface area contributed by atoms with Crippen molar-refractivity contribution in [1.82, 2.24) is 9.97 Å². The molecule has 1 N–H and O–H groups in total. The summed E-state index contributed by atoms with van der Waals surface area (Å²) in [6.45, 7) is 11.4. The number of hydrogen-bond donors (Lipinski definition) is 1. The van der Waals surface area contributed by atoms with Crippen LogP contribution in [0.15, 0.2) is 18.2 Å². The predicted octanol–water partition coefficient (Wildman–Crippen LogP) is 4.20. The number of rotatable bonds is 4. The van der Waals surface area contributed by atoms with E-state index in [2.05, 4.69) is 61.2 Å². The van der Waals surface area contributed by atoms with Crippen LogP contribution in [0.1, 0.15) is 35.7 Å². The van der Waals surface area contributed by atoms with E-state index in [4.69, 9.17) is 0 Å². The predicted molar refractivity (Wildman–Crippen MR) is 85.2 cm³/mol. The molecule has 106 valence electrons. The zero-order valence-electron chi connectivity index (χ0n) is 13.0. The molecule has 2 rings (SSSR count). The average Bonchev–Trinajstić information content (AvgIpc) is 2.43. The van der Waals surface area contributed by atoms with Crippen molar-refractivity contribution >= 4 is 5.82 Å².